The average Bonchev–Trinajstić information content (AvgIpc) is 3.48. The highest BCUT2D eigenvalue weighted by molar-refractivity contribution is 8.27. The van der Waals surface area contributed by atoms with E-state index in [2.05, 4.69) is 32.9 Å². The molecular formula is C28H26N6O2S. The number of benzene rings is 2. The maximum absolute atomic E-state index is 13.0. The van der Waals surface area contributed by atoms with E-state index in [9.17, 15) is 9.59 Å². The number of carbonyl (C=O) groups excluding carboxylic acids is 2. The van der Waals surface area contributed by atoms with Gasteiger partial charge in [0.25, 0.3) is 5.91 Å². The fraction of sp³-hybridized carbons (Fsp3) is 0.250. The summed E-state index contributed by atoms with van der Waals surface area (Å²) >= 11 is 1.20. The van der Waals surface area contributed by atoms with Crippen molar-refractivity contribution >= 4 is 56.6 Å². The van der Waals surface area contributed by atoms with E-state index >= 15 is 0 Å². The van der Waals surface area contributed by atoms with Crippen LogP contribution in [-0.2, 0) is 16.1 Å². The number of amidine groups is 2. The molecule has 0 spiro atoms. The van der Waals surface area contributed by atoms with Gasteiger partial charge in [-0.3, -0.25) is 15.0 Å². The van der Waals surface area contributed by atoms with E-state index in [1.54, 1.807) is 6.08 Å². The Morgan fingerprint density at radius 2 is 1.78 bits per heavy atom. The van der Waals surface area contributed by atoms with Crippen molar-refractivity contribution in [2.75, 3.05) is 13.1 Å². The molecule has 0 bridgehead atoms. The molecule has 0 aliphatic carbocycles. The zero-order chi connectivity index (χ0) is 25.4. The Morgan fingerprint density at radius 1 is 1.03 bits per heavy atom. The number of piperidine rings is 1. The highest BCUT2D eigenvalue weighted by Crippen LogP contribution is 2.31. The highest BCUT2D eigenvalue weighted by atomic mass is 32.2. The summed E-state index contributed by atoms with van der Waals surface area (Å²) in [6.07, 6.45) is 7.11. The Kier molecular flexibility index (Phi) is 6.21. The largest absolute Gasteiger partial charge is 0.342 e. The molecule has 6 rings (SSSR count). The van der Waals surface area contributed by atoms with Gasteiger partial charge in [-0.15, -0.1) is 0 Å². The second-order valence-electron chi connectivity index (χ2n) is 9.35. The minimum atomic E-state index is -0.470. The first-order chi connectivity index (χ1) is 18.1. The van der Waals surface area contributed by atoms with Gasteiger partial charge in [-0.25, -0.2) is 0 Å². The molecule has 1 fully saturated rings. The molecule has 2 aromatic carbocycles. The quantitative estimate of drug-likeness (QED) is 0.503. The van der Waals surface area contributed by atoms with Crippen LogP contribution in [0.4, 0.5) is 0 Å². The van der Waals surface area contributed by atoms with Gasteiger partial charge in [0.1, 0.15) is 5.04 Å². The lowest BCUT2D eigenvalue weighted by Gasteiger charge is -2.26. The van der Waals surface area contributed by atoms with Crippen molar-refractivity contribution in [3.63, 3.8) is 0 Å². The molecule has 9 heteroatoms. The number of aliphatic imine (C=N–C) groups is 1. The zero-order valence-corrected chi connectivity index (χ0v) is 21.1. The van der Waals surface area contributed by atoms with Crippen LogP contribution < -0.4 is 0 Å². The Labute approximate surface area is 218 Å². The van der Waals surface area contributed by atoms with E-state index in [4.69, 9.17) is 5.41 Å². The van der Waals surface area contributed by atoms with Gasteiger partial charge in [0.05, 0.1) is 12.0 Å². The fourth-order valence-corrected chi connectivity index (χ4v) is 5.82. The van der Waals surface area contributed by atoms with Crippen LogP contribution >= 0.6 is 11.8 Å². The molecule has 0 saturated carbocycles. The molecule has 37 heavy (non-hydrogen) atoms. The molecule has 0 atom stereocenters. The standard InChI is InChI=1S/C28H26N6O2S/c29-26-22(15-20-18-33(17-19-9-3-1-4-10-19)23-12-6-5-11-21(20)23)27(36)30-28-34(26)31-24(37-28)16-25(35)32-13-7-2-8-14-32/h1,3-6,9-12,15,18,29H,2,7-8,13-14,16-17H2/b22-15-,29-26?. The van der Waals surface area contributed by atoms with Crippen molar-refractivity contribution in [2.24, 2.45) is 10.1 Å². The monoisotopic (exact) mass is 510 g/mol. The number of hydrogen-bond donors (Lipinski definition) is 1. The van der Waals surface area contributed by atoms with E-state index in [1.807, 2.05) is 47.5 Å². The number of rotatable bonds is 5. The molecule has 1 saturated heterocycles. The van der Waals surface area contributed by atoms with E-state index < -0.39 is 5.91 Å². The van der Waals surface area contributed by atoms with Crippen LogP contribution in [0.5, 0.6) is 0 Å². The third-order valence-corrected chi connectivity index (χ3v) is 7.73. The van der Waals surface area contributed by atoms with Crippen molar-refractivity contribution in [2.45, 2.75) is 32.2 Å². The second kappa shape index (κ2) is 9.82. The maximum atomic E-state index is 13.0. The summed E-state index contributed by atoms with van der Waals surface area (Å²) in [7, 11) is 0. The lowest BCUT2D eigenvalue weighted by Crippen LogP contribution is -2.36. The van der Waals surface area contributed by atoms with Crippen LogP contribution in [-0.4, -0.2) is 55.4 Å². The van der Waals surface area contributed by atoms with Gasteiger partial charge in [-0.05, 0) is 48.7 Å². The number of para-hydroxylation sites is 1. The number of carbonyl (C=O) groups is 2. The van der Waals surface area contributed by atoms with Crippen LogP contribution in [0, 0.1) is 5.41 Å². The molecule has 186 valence electrons. The number of thioether (sulfide) groups is 1. The molecule has 8 nitrogen and oxygen atoms in total. The lowest BCUT2D eigenvalue weighted by atomic mass is 10.1. The summed E-state index contributed by atoms with van der Waals surface area (Å²) in [5.74, 6) is -0.462. The molecule has 1 aromatic heterocycles. The summed E-state index contributed by atoms with van der Waals surface area (Å²) in [6.45, 7) is 2.25. The van der Waals surface area contributed by atoms with Gasteiger partial charge in [0.2, 0.25) is 11.1 Å². The minimum Gasteiger partial charge on any atom is -0.342 e. The van der Waals surface area contributed by atoms with Gasteiger partial charge < -0.3 is 9.47 Å². The van der Waals surface area contributed by atoms with Gasteiger partial charge in [0.15, 0.2) is 5.84 Å². The number of hydrazone groups is 1. The molecule has 0 unspecified atom stereocenters. The van der Waals surface area contributed by atoms with E-state index in [1.165, 1.54) is 22.3 Å². The van der Waals surface area contributed by atoms with Gasteiger partial charge in [-0.1, -0.05) is 48.5 Å². The number of nitrogens with zero attached hydrogens (tertiary/aromatic N) is 5. The predicted octanol–water partition coefficient (Wildman–Crippen LogP) is 4.71. The molecule has 2 amide bonds. The van der Waals surface area contributed by atoms with E-state index in [0.717, 1.165) is 48.8 Å². The number of amides is 2. The minimum absolute atomic E-state index is 0.0252. The topological polar surface area (TPSA) is 94.1 Å². The fourth-order valence-electron chi connectivity index (χ4n) is 4.94. The molecule has 0 radical (unpaired) electrons. The highest BCUT2D eigenvalue weighted by Gasteiger charge is 2.36. The van der Waals surface area contributed by atoms with Crippen LogP contribution in [0.2, 0.25) is 0 Å². The third-order valence-electron chi connectivity index (χ3n) is 6.82. The van der Waals surface area contributed by atoms with Crippen LogP contribution in [0.15, 0.2) is 76.5 Å². The number of hydrogen-bond acceptors (Lipinski definition) is 5. The Hall–Kier alpha value is -3.98. The maximum Gasteiger partial charge on any atom is 0.283 e. The van der Waals surface area contributed by atoms with Gasteiger partial charge in [-0.2, -0.15) is 15.1 Å². The summed E-state index contributed by atoms with van der Waals surface area (Å²) in [5, 5.41) is 16.5. The Bertz CT molecular complexity index is 1500. The number of nitrogens with one attached hydrogen (secondary N) is 1. The first-order valence-corrected chi connectivity index (χ1v) is 13.3. The molecule has 3 aromatic rings. The summed E-state index contributed by atoms with van der Waals surface area (Å²) in [6, 6.07) is 18.2. The number of likely N-dealkylation sites (tertiary alicyclic amines) is 1. The number of aromatic nitrogens is 1. The summed E-state index contributed by atoms with van der Waals surface area (Å²) in [5.41, 5.74) is 3.24. The van der Waals surface area contributed by atoms with E-state index in [-0.39, 0.29) is 23.7 Å². The van der Waals surface area contributed by atoms with Crippen molar-refractivity contribution in [3.05, 3.63) is 77.5 Å². The Morgan fingerprint density at radius 3 is 2.59 bits per heavy atom. The number of fused-ring (bicyclic) bond motifs is 2. The normalized spacial score (nSPS) is 18.9. The van der Waals surface area contributed by atoms with Crippen molar-refractivity contribution in [1.29, 1.82) is 5.41 Å². The Balaban J connectivity index is 1.27. The first kappa shape index (κ1) is 23.4. The van der Waals surface area contributed by atoms with Crippen LogP contribution in [0.25, 0.3) is 17.0 Å². The smallest absolute Gasteiger partial charge is 0.283 e. The average molecular weight is 511 g/mol. The van der Waals surface area contributed by atoms with Crippen molar-refractivity contribution < 1.29 is 9.59 Å². The zero-order valence-electron chi connectivity index (χ0n) is 20.3. The lowest BCUT2D eigenvalue weighted by molar-refractivity contribution is -0.130. The van der Waals surface area contributed by atoms with Gasteiger partial charge in [0, 0.05) is 42.3 Å². The predicted molar refractivity (Wildman–Crippen MR) is 148 cm³/mol. The molecule has 4 heterocycles. The summed E-state index contributed by atoms with van der Waals surface area (Å²) in [4.78, 5) is 31.8. The first-order valence-electron chi connectivity index (χ1n) is 12.5. The van der Waals surface area contributed by atoms with E-state index in [0.29, 0.717) is 16.8 Å². The van der Waals surface area contributed by atoms with Crippen molar-refractivity contribution in [3.8, 4) is 0 Å². The molecule has 3 aliphatic rings. The van der Waals surface area contributed by atoms with Gasteiger partial charge >= 0.3 is 0 Å². The summed E-state index contributed by atoms with van der Waals surface area (Å²) < 4.78 is 2.15. The van der Waals surface area contributed by atoms with Crippen molar-refractivity contribution in [1.82, 2.24) is 14.5 Å². The van der Waals surface area contributed by atoms with Crippen LogP contribution in [0.1, 0.15) is 36.8 Å². The molecule has 1 N–H and O–H groups in total. The second-order valence-corrected chi connectivity index (χ2v) is 10.4. The third kappa shape index (κ3) is 4.62. The molecule has 3 aliphatic heterocycles. The van der Waals surface area contributed by atoms with Crippen LogP contribution in [0.3, 0.4) is 0 Å². The molecular weight excluding hydrogens is 484 g/mol. The SMILES string of the molecule is N=C1/C(=C/c2cn(Cc3ccccc3)c3ccccc23)C(=O)N=C2SC(CC(=O)N3CCCCC3)=NN12.